The van der Waals surface area contributed by atoms with E-state index in [-0.39, 0.29) is 5.41 Å². The fourth-order valence-electron chi connectivity index (χ4n) is 6.22. The van der Waals surface area contributed by atoms with Gasteiger partial charge in [0.15, 0.2) is 0 Å². The van der Waals surface area contributed by atoms with Crippen LogP contribution < -0.4 is 4.74 Å². The van der Waals surface area contributed by atoms with Crippen LogP contribution in [-0.2, 0) is 14.9 Å². The second-order valence-corrected chi connectivity index (χ2v) is 10.1. The van der Waals surface area contributed by atoms with E-state index in [2.05, 4.69) is 21.9 Å². The molecule has 2 heterocycles. The zero-order valence-corrected chi connectivity index (χ0v) is 18.6. The molecule has 4 aliphatic rings. The molecule has 1 spiro atoms. The Morgan fingerprint density at radius 2 is 1.77 bits per heavy atom. The highest BCUT2D eigenvalue weighted by atomic mass is 16.5. The van der Waals surface area contributed by atoms with E-state index in [1.54, 1.807) is 7.11 Å². The van der Waals surface area contributed by atoms with E-state index in [4.69, 9.17) is 9.47 Å². The average Bonchev–Trinajstić information content (AvgIpc) is 3.48. The summed E-state index contributed by atoms with van der Waals surface area (Å²) in [7, 11) is 3.52. The smallest absolute Gasteiger partial charge is 0.233 e. The molecule has 1 aromatic carbocycles. The summed E-state index contributed by atoms with van der Waals surface area (Å²) in [5.74, 6) is 1.81. The Kier molecular flexibility index (Phi) is 5.30. The van der Waals surface area contributed by atoms with Crippen LogP contribution in [0.15, 0.2) is 24.3 Å². The largest absolute Gasteiger partial charge is 0.497 e. The van der Waals surface area contributed by atoms with E-state index in [9.17, 15) is 4.79 Å². The van der Waals surface area contributed by atoms with E-state index < -0.39 is 0 Å². The Morgan fingerprint density at radius 3 is 2.30 bits per heavy atom. The molecule has 164 valence electrons. The number of carbonyl (C=O) groups excluding carboxylic acids is 1. The molecule has 0 N–H and O–H groups in total. The van der Waals surface area contributed by atoms with Crippen LogP contribution >= 0.6 is 0 Å². The molecule has 4 fully saturated rings. The Labute approximate surface area is 180 Å². The maximum Gasteiger partial charge on any atom is 0.233 e. The second kappa shape index (κ2) is 7.83. The lowest BCUT2D eigenvalue weighted by atomic mass is 9.71. The van der Waals surface area contributed by atoms with Crippen LogP contribution in [0.4, 0.5) is 0 Å². The maximum atomic E-state index is 13.5. The molecule has 5 rings (SSSR count). The van der Waals surface area contributed by atoms with Crippen molar-refractivity contribution in [3.05, 3.63) is 29.8 Å². The van der Waals surface area contributed by atoms with Crippen LogP contribution in [0.25, 0.3) is 0 Å². The SMILES string of the molecule is COCC1CN(C2CCC2)CC12CCN(C(=O)C1(c3ccc(OC)cc3)CC1)CC2. The van der Waals surface area contributed by atoms with E-state index in [1.165, 1.54) is 32.4 Å². The third-order valence-electron chi connectivity index (χ3n) is 8.65. The van der Waals surface area contributed by atoms with Gasteiger partial charge in [-0.1, -0.05) is 18.6 Å². The van der Waals surface area contributed by atoms with Gasteiger partial charge >= 0.3 is 0 Å². The molecular formula is C25H36N2O3. The van der Waals surface area contributed by atoms with Gasteiger partial charge in [-0.15, -0.1) is 0 Å². The molecule has 1 unspecified atom stereocenters. The topological polar surface area (TPSA) is 42.0 Å². The summed E-state index contributed by atoms with van der Waals surface area (Å²) in [6, 6.07) is 8.93. The predicted octanol–water partition coefficient (Wildman–Crippen LogP) is 3.47. The van der Waals surface area contributed by atoms with Crippen molar-refractivity contribution in [2.24, 2.45) is 11.3 Å². The molecule has 1 amide bonds. The molecule has 1 aromatic rings. The van der Waals surface area contributed by atoms with Gasteiger partial charge in [0.2, 0.25) is 5.91 Å². The van der Waals surface area contributed by atoms with Crippen molar-refractivity contribution >= 4 is 5.91 Å². The number of hydrogen-bond donors (Lipinski definition) is 0. The average molecular weight is 413 g/mol. The third-order valence-corrected chi connectivity index (χ3v) is 8.65. The van der Waals surface area contributed by atoms with Crippen molar-refractivity contribution in [3.63, 3.8) is 0 Å². The zero-order chi connectivity index (χ0) is 20.8. The number of rotatable bonds is 6. The van der Waals surface area contributed by atoms with Crippen molar-refractivity contribution in [3.8, 4) is 5.75 Å². The normalized spacial score (nSPS) is 27.8. The molecular weight excluding hydrogens is 376 g/mol. The molecule has 2 aliphatic carbocycles. The van der Waals surface area contributed by atoms with Gasteiger partial charge in [-0.2, -0.15) is 0 Å². The second-order valence-electron chi connectivity index (χ2n) is 10.1. The van der Waals surface area contributed by atoms with E-state index in [0.717, 1.165) is 62.7 Å². The number of benzene rings is 1. The van der Waals surface area contributed by atoms with Crippen molar-refractivity contribution in [2.45, 2.75) is 56.4 Å². The zero-order valence-electron chi connectivity index (χ0n) is 18.6. The van der Waals surface area contributed by atoms with Crippen molar-refractivity contribution in [2.75, 3.05) is 47.0 Å². The summed E-state index contributed by atoms with van der Waals surface area (Å²) in [5, 5.41) is 0. The summed E-state index contributed by atoms with van der Waals surface area (Å²) in [5.41, 5.74) is 1.21. The quantitative estimate of drug-likeness (QED) is 0.718. The van der Waals surface area contributed by atoms with Gasteiger partial charge < -0.3 is 14.4 Å². The van der Waals surface area contributed by atoms with Crippen LogP contribution in [0.3, 0.4) is 0 Å². The van der Waals surface area contributed by atoms with Crippen molar-refractivity contribution in [1.29, 1.82) is 0 Å². The van der Waals surface area contributed by atoms with Gasteiger partial charge in [-0.05, 0) is 61.6 Å². The van der Waals surface area contributed by atoms with Crippen molar-refractivity contribution in [1.82, 2.24) is 9.80 Å². The fourth-order valence-corrected chi connectivity index (χ4v) is 6.22. The van der Waals surface area contributed by atoms with Crippen LogP contribution in [0.5, 0.6) is 5.75 Å². The molecule has 5 nitrogen and oxygen atoms in total. The number of amides is 1. The molecule has 5 heteroatoms. The van der Waals surface area contributed by atoms with E-state index >= 15 is 0 Å². The number of piperidine rings is 1. The molecule has 2 aliphatic heterocycles. The standard InChI is InChI=1S/C25H36N2O3/c1-29-17-20-16-27(21-4-3-5-21)18-24(20)12-14-26(15-13-24)23(28)25(10-11-25)19-6-8-22(30-2)9-7-19/h6-9,20-21H,3-5,10-18H2,1-2H3. The molecule has 0 bridgehead atoms. The van der Waals surface area contributed by atoms with Gasteiger partial charge in [0, 0.05) is 45.2 Å². The van der Waals surface area contributed by atoms with Crippen LogP contribution in [0, 0.1) is 11.3 Å². The Bertz CT molecular complexity index is 761. The van der Waals surface area contributed by atoms with Gasteiger partial charge in [-0.3, -0.25) is 9.69 Å². The highest BCUT2D eigenvalue weighted by Gasteiger charge is 2.55. The summed E-state index contributed by atoms with van der Waals surface area (Å²) >= 11 is 0. The van der Waals surface area contributed by atoms with Crippen LogP contribution in [-0.4, -0.2) is 68.8 Å². The Hall–Kier alpha value is -1.59. The fraction of sp³-hybridized carbons (Fsp3) is 0.720. The number of ether oxygens (including phenoxy) is 2. The number of nitrogens with zero attached hydrogens (tertiary/aromatic N) is 2. The van der Waals surface area contributed by atoms with Crippen LogP contribution in [0.2, 0.25) is 0 Å². The number of methoxy groups -OCH3 is 2. The first-order valence-electron chi connectivity index (χ1n) is 11.8. The molecule has 2 saturated carbocycles. The highest BCUT2D eigenvalue weighted by Crippen LogP contribution is 2.52. The van der Waals surface area contributed by atoms with Gasteiger partial charge in [-0.25, -0.2) is 0 Å². The first kappa shape index (κ1) is 20.3. The predicted molar refractivity (Wildman–Crippen MR) is 117 cm³/mol. The minimum Gasteiger partial charge on any atom is -0.497 e. The number of carbonyl (C=O) groups is 1. The lowest BCUT2D eigenvalue weighted by Gasteiger charge is -2.44. The van der Waals surface area contributed by atoms with Crippen molar-refractivity contribution < 1.29 is 14.3 Å². The third kappa shape index (κ3) is 3.34. The lowest BCUT2D eigenvalue weighted by molar-refractivity contribution is -0.136. The Balaban J connectivity index is 1.26. The molecule has 2 saturated heterocycles. The van der Waals surface area contributed by atoms with E-state index in [1.807, 2.05) is 19.2 Å². The van der Waals surface area contributed by atoms with E-state index in [0.29, 0.717) is 17.2 Å². The molecule has 1 atom stereocenters. The Morgan fingerprint density at radius 1 is 1.07 bits per heavy atom. The molecule has 30 heavy (non-hydrogen) atoms. The molecule has 0 radical (unpaired) electrons. The first-order chi connectivity index (χ1) is 14.6. The lowest BCUT2D eigenvalue weighted by Crippen LogP contribution is -2.50. The first-order valence-corrected chi connectivity index (χ1v) is 11.8. The minimum absolute atomic E-state index is 0.281. The highest BCUT2D eigenvalue weighted by molar-refractivity contribution is 5.91. The molecule has 0 aromatic heterocycles. The summed E-state index contributed by atoms with van der Waals surface area (Å²) in [6.07, 6.45) is 8.31. The minimum atomic E-state index is -0.281. The van der Waals surface area contributed by atoms with Gasteiger partial charge in [0.05, 0.1) is 19.1 Å². The van der Waals surface area contributed by atoms with Gasteiger partial charge in [0.25, 0.3) is 0 Å². The summed E-state index contributed by atoms with van der Waals surface area (Å²) in [4.78, 5) is 18.4. The monoisotopic (exact) mass is 412 g/mol. The number of hydrogen-bond acceptors (Lipinski definition) is 4. The maximum absolute atomic E-state index is 13.5. The number of likely N-dealkylation sites (tertiary alicyclic amines) is 2. The summed E-state index contributed by atoms with van der Waals surface area (Å²) in [6.45, 7) is 5.04. The van der Waals surface area contributed by atoms with Crippen LogP contribution in [0.1, 0.15) is 50.5 Å². The summed E-state index contributed by atoms with van der Waals surface area (Å²) < 4.78 is 10.9. The van der Waals surface area contributed by atoms with Gasteiger partial charge in [0.1, 0.15) is 5.75 Å².